The second-order valence-electron chi connectivity index (χ2n) is 4.21. The van der Waals surface area contributed by atoms with E-state index in [1.54, 1.807) is 24.5 Å². The largest absolute Gasteiger partial charge is 0.359 e. The number of hydrogen-bond acceptors (Lipinski definition) is 4. The van der Waals surface area contributed by atoms with Gasteiger partial charge in [-0.15, -0.1) is 11.3 Å². The molecule has 0 saturated heterocycles. The van der Waals surface area contributed by atoms with Gasteiger partial charge in [-0.3, -0.25) is 4.79 Å². The zero-order valence-electron chi connectivity index (χ0n) is 10.6. The highest BCUT2D eigenvalue weighted by atomic mass is 32.1. The Hall–Kier alpha value is -1.68. The summed E-state index contributed by atoms with van der Waals surface area (Å²) in [5, 5.41) is 2.09. The van der Waals surface area contributed by atoms with E-state index >= 15 is 0 Å². The fourth-order valence-electron chi connectivity index (χ4n) is 1.67. The Kier molecular flexibility index (Phi) is 4.10. The molecule has 18 heavy (non-hydrogen) atoms. The van der Waals surface area contributed by atoms with Crippen molar-refractivity contribution in [3.63, 3.8) is 0 Å². The first-order chi connectivity index (χ1) is 8.66. The Labute approximate surface area is 111 Å². The fraction of sp³-hybridized carbons (Fsp3) is 0.286. The highest BCUT2D eigenvalue weighted by molar-refractivity contribution is 7.09. The summed E-state index contributed by atoms with van der Waals surface area (Å²) in [4.78, 5) is 18.9. The van der Waals surface area contributed by atoms with Crippen LogP contribution in [0.15, 0.2) is 35.8 Å². The molecule has 0 bridgehead atoms. The minimum atomic E-state index is 0.0512. The van der Waals surface area contributed by atoms with Gasteiger partial charge in [-0.05, 0) is 36.9 Å². The first-order valence-electron chi connectivity index (χ1n) is 5.87. The van der Waals surface area contributed by atoms with Crippen molar-refractivity contribution in [2.45, 2.75) is 13.3 Å². The number of aromatic nitrogens is 1. The molecule has 0 fully saturated rings. The summed E-state index contributed by atoms with van der Waals surface area (Å²) in [6, 6.07) is 7.93. The molecule has 2 rings (SSSR count). The molecule has 94 valence electrons. The maximum Gasteiger partial charge on any atom is 0.161 e. The average molecular weight is 260 g/mol. The first-order valence-corrected chi connectivity index (χ1v) is 6.75. The van der Waals surface area contributed by atoms with Gasteiger partial charge >= 0.3 is 0 Å². The number of Topliss-reactive ketones (excluding diaryl/α,β-unsaturated/α-hetero) is 1. The van der Waals surface area contributed by atoms with Crippen molar-refractivity contribution in [1.29, 1.82) is 0 Å². The van der Waals surface area contributed by atoms with Gasteiger partial charge in [0.05, 0.1) is 0 Å². The predicted octanol–water partition coefficient (Wildman–Crippen LogP) is 3.02. The second-order valence-corrected chi connectivity index (χ2v) is 5.24. The molecule has 0 amide bonds. The van der Waals surface area contributed by atoms with Gasteiger partial charge in [0.1, 0.15) is 5.82 Å². The number of thiophene rings is 1. The molecule has 3 nitrogen and oxygen atoms in total. The van der Waals surface area contributed by atoms with Crippen molar-refractivity contribution in [2.75, 3.05) is 18.5 Å². The maximum absolute atomic E-state index is 11.2. The van der Waals surface area contributed by atoms with Crippen LogP contribution in [0.1, 0.15) is 22.2 Å². The molecule has 0 N–H and O–H groups in total. The maximum atomic E-state index is 11.2. The number of pyridine rings is 1. The molecule has 0 spiro atoms. The molecule has 0 radical (unpaired) electrons. The first kappa shape index (κ1) is 12.8. The zero-order chi connectivity index (χ0) is 13.0. The Morgan fingerprint density at radius 1 is 1.39 bits per heavy atom. The summed E-state index contributed by atoms with van der Waals surface area (Å²) in [5.74, 6) is 0.951. The van der Waals surface area contributed by atoms with Crippen molar-refractivity contribution in [3.8, 4) is 0 Å². The SMILES string of the molecule is CC(=O)c1ccc(N(C)CCc2cccs2)nc1. The van der Waals surface area contributed by atoms with E-state index in [0.29, 0.717) is 5.56 Å². The number of carbonyl (C=O) groups is 1. The second kappa shape index (κ2) is 5.78. The summed E-state index contributed by atoms with van der Waals surface area (Å²) >= 11 is 1.77. The lowest BCUT2D eigenvalue weighted by Gasteiger charge is -2.17. The molecular formula is C14H16N2OS. The normalized spacial score (nSPS) is 10.3. The number of ketones is 1. The van der Waals surface area contributed by atoms with Gasteiger partial charge in [-0.25, -0.2) is 4.98 Å². The summed E-state index contributed by atoms with van der Waals surface area (Å²) in [6.45, 7) is 2.48. The summed E-state index contributed by atoms with van der Waals surface area (Å²) in [6.07, 6.45) is 2.66. The third-order valence-corrected chi connectivity index (χ3v) is 3.76. The molecule has 0 unspecified atom stereocenters. The molecule has 0 aliphatic rings. The standard InChI is InChI=1S/C14H16N2OS/c1-11(17)12-5-6-14(15-10-12)16(2)8-7-13-4-3-9-18-13/h3-6,9-10H,7-8H2,1-2H3. The Bertz CT molecular complexity index is 505. The lowest BCUT2D eigenvalue weighted by Crippen LogP contribution is -2.21. The topological polar surface area (TPSA) is 33.2 Å². The Morgan fingerprint density at radius 2 is 2.22 bits per heavy atom. The fourth-order valence-corrected chi connectivity index (χ4v) is 2.37. The lowest BCUT2D eigenvalue weighted by atomic mass is 10.2. The summed E-state index contributed by atoms with van der Waals surface area (Å²) in [5.41, 5.74) is 0.658. The molecule has 0 aromatic carbocycles. The van der Waals surface area contributed by atoms with Gasteiger partial charge in [-0.1, -0.05) is 6.07 Å². The van der Waals surface area contributed by atoms with Crippen LogP contribution in [0, 0.1) is 0 Å². The molecule has 0 atom stereocenters. The Balaban J connectivity index is 1.96. The van der Waals surface area contributed by atoms with Gasteiger partial charge in [0.2, 0.25) is 0 Å². The molecular weight excluding hydrogens is 244 g/mol. The van der Waals surface area contributed by atoms with Crippen molar-refractivity contribution in [1.82, 2.24) is 4.98 Å². The van der Waals surface area contributed by atoms with Gasteiger partial charge in [0.15, 0.2) is 5.78 Å². The number of likely N-dealkylation sites (N-methyl/N-ethyl adjacent to an activating group) is 1. The monoisotopic (exact) mass is 260 g/mol. The van der Waals surface area contributed by atoms with Gasteiger partial charge in [0.25, 0.3) is 0 Å². The third-order valence-electron chi connectivity index (χ3n) is 2.82. The number of rotatable bonds is 5. The van der Waals surface area contributed by atoms with Crippen molar-refractivity contribution in [3.05, 3.63) is 46.3 Å². The van der Waals surface area contributed by atoms with Gasteiger partial charge < -0.3 is 4.90 Å². The highest BCUT2D eigenvalue weighted by Crippen LogP contribution is 2.13. The lowest BCUT2D eigenvalue weighted by molar-refractivity contribution is 0.101. The van der Waals surface area contributed by atoms with Crippen LogP contribution in [-0.2, 0) is 6.42 Å². The van der Waals surface area contributed by atoms with E-state index in [1.165, 1.54) is 4.88 Å². The van der Waals surface area contributed by atoms with Crippen molar-refractivity contribution >= 4 is 22.9 Å². The molecule has 0 saturated carbocycles. The molecule has 0 aliphatic heterocycles. The predicted molar refractivity (Wildman–Crippen MR) is 75.5 cm³/mol. The van der Waals surface area contributed by atoms with Crippen molar-refractivity contribution in [2.24, 2.45) is 0 Å². The third kappa shape index (κ3) is 3.17. The van der Waals surface area contributed by atoms with Crippen LogP contribution in [0.3, 0.4) is 0 Å². The number of carbonyl (C=O) groups excluding carboxylic acids is 1. The van der Waals surface area contributed by atoms with Crippen LogP contribution in [0.5, 0.6) is 0 Å². The van der Waals surface area contributed by atoms with Crippen LogP contribution in [0.25, 0.3) is 0 Å². The average Bonchev–Trinajstić information content (AvgIpc) is 2.89. The highest BCUT2D eigenvalue weighted by Gasteiger charge is 2.05. The smallest absolute Gasteiger partial charge is 0.161 e. The van der Waals surface area contributed by atoms with Crippen LogP contribution in [-0.4, -0.2) is 24.4 Å². The van der Waals surface area contributed by atoms with E-state index in [9.17, 15) is 4.79 Å². The van der Waals surface area contributed by atoms with Crippen LogP contribution >= 0.6 is 11.3 Å². The zero-order valence-corrected chi connectivity index (χ0v) is 11.4. The quantitative estimate of drug-likeness (QED) is 0.775. The number of anilines is 1. The number of nitrogens with zero attached hydrogens (tertiary/aromatic N) is 2. The summed E-state index contributed by atoms with van der Waals surface area (Å²) in [7, 11) is 2.02. The van der Waals surface area contributed by atoms with E-state index in [4.69, 9.17) is 0 Å². The molecule has 2 aromatic heterocycles. The van der Waals surface area contributed by atoms with Crippen molar-refractivity contribution < 1.29 is 4.79 Å². The van der Waals surface area contributed by atoms with Crippen LogP contribution in [0.4, 0.5) is 5.82 Å². The van der Waals surface area contributed by atoms with E-state index < -0.39 is 0 Å². The minimum Gasteiger partial charge on any atom is -0.359 e. The molecule has 2 heterocycles. The van der Waals surface area contributed by atoms with Gasteiger partial charge in [0, 0.05) is 30.2 Å². The summed E-state index contributed by atoms with van der Waals surface area (Å²) < 4.78 is 0. The Morgan fingerprint density at radius 3 is 2.78 bits per heavy atom. The minimum absolute atomic E-state index is 0.0512. The van der Waals surface area contributed by atoms with Crippen LogP contribution < -0.4 is 4.90 Å². The van der Waals surface area contributed by atoms with Gasteiger partial charge in [-0.2, -0.15) is 0 Å². The van der Waals surface area contributed by atoms with E-state index in [0.717, 1.165) is 18.8 Å². The molecule has 0 aliphatic carbocycles. The number of hydrogen-bond donors (Lipinski definition) is 0. The van der Waals surface area contributed by atoms with Crippen LogP contribution in [0.2, 0.25) is 0 Å². The van der Waals surface area contributed by atoms with E-state index in [-0.39, 0.29) is 5.78 Å². The van der Waals surface area contributed by atoms with E-state index in [1.807, 2.05) is 19.2 Å². The van der Waals surface area contributed by atoms with E-state index in [2.05, 4.69) is 27.4 Å². The molecule has 4 heteroatoms. The molecule has 2 aromatic rings.